The Kier molecular flexibility index (Phi) is 2.68. The zero-order valence-corrected chi connectivity index (χ0v) is 10.3. The van der Waals surface area contributed by atoms with Gasteiger partial charge < -0.3 is 4.90 Å². The zero-order chi connectivity index (χ0) is 11.1. The SMILES string of the molecule is CCN(CC1CCC1)C(=O)C1CC2CC2C1. The molecule has 1 amide bonds. The summed E-state index contributed by atoms with van der Waals surface area (Å²) in [6, 6.07) is 0. The Morgan fingerprint density at radius 1 is 1.19 bits per heavy atom. The number of carbonyl (C=O) groups excluding carboxylic acids is 1. The molecule has 2 atom stereocenters. The van der Waals surface area contributed by atoms with E-state index >= 15 is 0 Å². The zero-order valence-electron chi connectivity index (χ0n) is 10.3. The molecule has 0 radical (unpaired) electrons. The highest BCUT2D eigenvalue weighted by molar-refractivity contribution is 5.79. The van der Waals surface area contributed by atoms with Gasteiger partial charge in [0, 0.05) is 19.0 Å². The molecule has 0 saturated heterocycles. The second-order valence-corrected chi connectivity index (χ2v) is 6.10. The van der Waals surface area contributed by atoms with E-state index in [1.165, 1.54) is 38.5 Å². The number of fused-ring (bicyclic) bond motifs is 1. The van der Waals surface area contributed by atoms with Crippen molar-refractivity contribution in [1.29, 1.82) is 0 Å². The molecule has 0 aliphatic heterocycles. The van der Waals surface area contributed by atoms with Crippen molar-refractivity contribution in [3.05, 3.63) is 0 Å². The van der Waals surface area contributed by atoms with Crippen LogP contribution in [0.3, 0.4) is 0 Å². The molecule has 2 unspecified atom stereocenters. The van der Waals surface area contributed by atoms with Gasteiger partial charge in [-0.3, -0.25) is 4.79 Å². The third-order valence-corrected chi connectivity index (χ3v) is 4.99. The lowest BCUT2D eigenvalue weighted by atomic mass is 9.85. The molecule has 3 rings (SSSR count). The van der Waals surface area contributed by atoms with Crippen LogP contribution in [-0.2, 0) is 4.79 Å². The van der Waals surface area contributed by atoms with Crippen LogP contribution in [0, 0.1) is 23.7 Å². The molecule has 0 spiro atoms. The molecule has 3 aliphatic rings. The van der Waals surface area contributed by atoms with Crippen LogP contribution in [0.5, 0.6) is 0 Å². The van der Waals surface area contributed by atoms with Crippen molar-refractivity contribution in [3.8, 4) is 0 Å². The first-order chi connectivity index (χ1) is 7.78. The number of hydrogen-bond acceptors (Lipinski definition) is 1. The first-order valence-electron chi connectivity index (χ1n) is 7.06. The summed E-state index contributed by atoms with van der Waals surface area (Å²) in [5, 5.41) is 0. The first kappa shape index (κ1) is 10.6. The van der Waals surface area contributed by atoms with Gasteiger partial charge in [0.1, 0.15) is 0 Å². The van der Waals surface area contributed by atoms with Crippen molar-refractivity contribution in [2.45, 2.75) is 45.4 Å². The van der Waals surface area contributed by atoms with Gasteiger partial charge in [-0.25, -0.2) is 0 Å². The lowest BCUT2D eigenvalue weighted by molar-refractivity contribution is -0.136. The lowest BCUT2D eigenvalue weighted by Crippen LogP contribution is -2.40. The number of hydrogen-bond donors (Lipinski definition) is 0. The van der Waals surface area contributed by atoms with E-state index in [0.717, 1.165) is 30.8 Å². The third kappa shape index (κ3) is 1.87. The molecule has 3 fully saturated rings. The van der Waals surface area contributed by atoms with Crippen LogP contribution in [0.1, 0.15) is 45.4 Å². The predicted octanol–water partition coefficient (Wildman–Crippen LogP) is 2.68. The summed E-state index contributed by atoms with van der Waals surface area (Å²) in [5.41, 5.74) is 0. The van der Waals surface area contributed by atoms with Gasteiger partial charge in [0.05, 0.1) is 0 Å². The Balaban J connectivity index is 1.53. The number of amides is 1. The molecule has 3 saturated carbocycles. The normalized spacial score (nSPS) is 36.7. The van der Waals surface area contributed by atoms with Gasteiger partial charge in [0.25, 0.3) is 0 Å². The minimum Gasteiger partial charge on any atom is -0.342 e. The van der Waals surface area contributed by atoms with Crippen molar-refractivity contribution in [2.24, 2.45) is 23.7 Å². The van der Waals surface area contributed by atoms with Crippen LogP contribution in [0.15, 0.2) is 0 Å². The third-order valence-electron chi connectivity index (χ3n) is 4.99. The smallest absolute Gasteiger partial charge is 0.225 e. The van der Waals surface area contributed by atoms with Gasteiger partial charge in [0.15, 0.2) is 0 Å². The molecule has 2 nitrogen and oxygen atoms in total. The molecular weight excluding hydrogens is 198 g/mol. The standard InChI is InChI=1S/C14H23NO/c1-2-15(9-10-4-3-5-10)14(16)13-7-11-6-12(11)8-13/h10-13H,2-9H2,1H3. The van der Waals surface area contributed by atoms with E-state index < -0.39 is 0 Å². The molecule has 3 aliphatic carbocycles. The van der Waals surface area contributed by atoms with Crippen LogP contribution in [0.4, 0.5) is 0 Å². The summed E-state index contributed by atoms with van der Waals surface area (Å²) in [6.07, 6.45) is 7.89. The summed E-state index contributed by atoms with van der Waals surface area (Å²) in [5.74, 6) is 3.54. The van der Waals surface area contributed by atoms with Crippen LogP contribution >= 0.6 is 0 Å². The van der Waals surface area contributed by atoms with Crippen molar-refractivity contribution < 1.29 is 4.79 Å². The topological polar surface area (TPSA) is 20.3 Å². The van der Waals surface area contributed by atoms with Crippen molar-refractivity contribution in [2.75, 3.05) is 13.1 Å². The van der Waals surface area contributed by atoms with Gasteiger partial charge in [-0.1, -0.05) is 6.42 Å². The van der Waals surface area contributed by atoms with E-state index in [0.29, 0.717) is 11.8 Å². The molecule has 0 aromatic carbocycles. The van der Waals surface area contributed by atoms with Crippen LogP contribution in [0.25, 0.3) is 0 Å². The molecule has 2 heteroatoms. The Morgan fingerprint density at radius 3 is 2.38 bits per heavy atom. The summed E-state index contributed by atoms with van der Waals surface area (Å²) in [4.78, 5) is 14.5. The van der Waals surface area contributed by atoms with Gasteiger partial charge in [-0.2, -0.15) is 0 Å². The van der Waals surface area contributed by atoms with E-state index in [1.54, 1.807) is 0 Å². The van der Waals surface area contributed by atoms with Gasteiger partial charge in [-0.15, -0.1) is 0 Å². The van der Waals surface area contributed by atoms with Crippen LogP contribution < -0.4 is 0 Å². The van der Waals surface area contributed by atoms with Crippen molar-refractivity contribution in [3.63, 3.8) is 0 Å². The minimum atomic E-state index is 0.392. The molecule has 0 aromatic rings. The van der Waals surface area contributed by atoms with Gasteiger partial charge in [0.2, 0.25) is 5.91 Å². The number of rotatable bonds is 4. The largest absolute Gasteiger partial charge is 0.342 e. The van der Waals surface area contributed by atoms with Gasteiger partial charge in [-0.05, 0) is 56.8 Å². The first-order valence-corrected chi connectivity index (χ1v) is 7.06. The Labute approximate surface area is 98.4 Å². The maximum atomic E-state index is 12.3. The van der Waals surface area contributed by atoms with E-state index in [9.17, 15) is 4.79 Å². The summed E-state index contributed by atoms with van der Waals surface area (Å²) in [7, 11) is 0. The highest BCUT2D eigenvalue weighted by Gasteiger charge is 2.48. The molecule has 0 heterocycles. The fraction of sp³-hybridized carbons (Fsp3) is 0.929. The molecule has 90 valence electrons. The van der Waals surface area contributed by atoms with E-state index in [-0.39, 0.29) is 0 Å². The van der Waals surface area contributed by atoms with Crippen molar-refractivity contribution >= 4 is 5.91 Å². The number of nitrogens with zero attached hydrogens (tertiary/aromatic N) is 1. The fourth-order valence-corrected chi connectivity index (χ4v) is 3.54. The average molecular weight is 221 g/mol. The quantitative estimate of drug-likeness (QED) is 0.714. The molecule has 0 aromatic heterocycles. The summed E-state index contributed by atoms with van der Waals surface area (Å²) >= 11 is 0. The highest BCUT2D eigenvalue weighted by atomic mass is 16.2. The monoisotopic (exact) mass is 221 g/mol. The fourth-order valence-electron chi connectivity index (χ4n) is 3.54. The van der Waals surface area contributed by atoms with Gasteiger partial charge >= 0.3 is 0 Å². The lowest BCUT2D eigenvalue weighted by Gasteiger charge is -2.33. The Hall–Kier alpha value is -0.530. The molecule has 0 N–H and O–H groups in total. The maximum Gasteiger partial charge on any atom is 0.225 e. The van der Waals surface area contributed by atoms with E-state index in [2.05, 4.69) is 11.8 Å². The Morgan fingerprint density at radius 2 is 1.88 bits per heavy atom. The Bertz CT molecular complexity index is 274. The molecular formula is C14H23NO. The maximum absolute atomic E-state index is 12.3. The minimum absolute atomic E-state index is 0.392. The molecule has 0 bridgehead atoms. The highest BCUT2D eigenvalue weighted by Crippen LogP contribution is 2.54. The summed E-state index contributed by atoms with van der Waals surface area (Å²) in [6.45, 7) is 4.09. The van der Waals surface area contributed by atoms with E-state index in [1.807, 2.05) is 0 Å². The predicted molar refractivity (Wildman–Crippen MR) is 63.9 cm³/mol. The van der Waals surface area contributed by atoms with Crippen LogP contribution in [0.2, 0.25) is 0 Å². The second-order valence-electron chi connectivity index (χ2n) is 6.10. The van der Waals surface area contributed by atoms with Crippen molar-refractivity contribution in [1.82, 2.24) is 4.90 Å². The average Bonchev–Trinajstić information content (AvgIpc) is 2.84. The molecule has 16 heavy (non-hydrogen) atoms. The van der Waals surface area contributed by atoms with E-state index in [4.69, 9.17) is 0 Å². The second kappa shape index (κ2) is 4.05. The summed E-state index contributed by atoms with van der Waals surface area (Å²) < 4.78 is 0. The van der Waals surface area contributed by atoms with Crippen LogP contribution in [-0.4, -0.2) is 23.9 Å². The number of carbonyl (C=O) groups is 1.